The Kier molecular flexibility index (Phi) is 6.83. The summed E-state index contributed by atoms with van der Waals surface area (Å²) < 4.78 is 5.40. The lowest BCUT2D eigenvalue weighted by Crippen LogP contribution is -2.40. The van der Waals surface area contributed by atoms with Crippen LogP contribution in [0.4, 0.5) is 0 Å². The van der Waals surface area contributed by atoms with Crippen LogP contribution < -0.4 is 4.74 Å². The van der Waals surface area contributed by atoms with Crippen molar-refractivity contribution in [3.63, 3.8) is 0 Å². The molecular weight excluding hydrogens is 316 g/mol. The third-order valence-corrected chi connectivity index (χ3v) is 4.73. The van der Waals surface area contributed by atoms with Crippen LogP contribution in [0.25, 0.3) is 0 Å². The highest BCUT2D eigenvalue weighted by atomic mass is 16.5. The molecule has 5 heteroatoms. The first-order chi connectivity index (χ1) is 11.9. The molecule has 0 spiro atoms. The van der Waals surface area contributed by atoms with Gasteiger partial charge in [-0.05, 0) is 36.0 Å². The van der Waals surface area contributed by atoms with E-state index in [0.29, 0.717) is 6.54 Å². The van der Waals surface area contributed by atoms with Gasteiger partial charge in [0.15, 0.2) is 0 Å². The lowest BCUT2D eigenvalue weighted by Gasteiger charge is -2.34. The van der Waals surface area contributed by atoms with Crippen LogP contribution in [0.15, 0.2) is 24.3 Å². The maximum Gasteiger partial charge on any atom is 0.119 e. The van der Waals surface area contributed by atoms with Crippen LogP contribution in [0.1, 0.15) is 39.2 Å². The van der Waals surface area contributed by atoms with E-state index in [2.05, 4.69) is 31.7 Å². The third kappa shape index (κ3) is 5.43. The van der Waals surface area contributed by atoms with Crippen LogP contribution in [-0.2, 0) is 6.54 Å². The summed E-state index contributed by atoms with van der Waals surface area (Å²) in [6.07, 6.45) is 1.66. The van der Waals surface area contributed by atoms with Crippen LogP contribution in [0, 0.1) is 22.7 Å². The Balaban J connectivity index is 2.13. The van der Waals surface area contributed by atoms with E-state index in [0.717, 1.165) is 24.2 Å². The second-order valence-corrected chi connectivity index (χ2v) is 8.03. The van der Waals surface area contributed by atoms with Gasteiger partial charge in [-0.25, -0.2) is 0 Å². The highest BCUT2D eigenvalue weighted by Gasteiger charge is 2.42. The van der Waals surface area contributed by atoms with Crippen LogP contribution in [-0.4, -0.2) is 47.0 Å². The highest BCUT2D eigenvalue weighted by Crippen LogP contribution is 2.37. The van der Waals surface area contributed by atoms with Crippen LogP contribution in [0.5, 0.6) is 5.75 Å². The molecule has 0 amide bonds. The molecule has 2 rings (SSSR count). The van der Waals surface area contributed by atoms with Gasteiger partial charge in [0.2, 0.25) is 0 Å². The van der Waals surface area contributed by atoms with Gasteiger partial charge in [0.25, 0.3) is 0 Å². The zero-order valence-corrected chi connectivity index (χ0v) is 15.5. The number of aliphatic hydroxyl groups excluding tert-OH is 2. The average Bonchev–Trinajstić information content (AvgIpc) is 2.89. The van der Waals surface area contributed by atoms with Crippen molar-refractivity contribution in [2.45, 2.75) is 52.2 Å². The van der Waals surface area contributed by atoms with Gasteiger partial charge in [-0.3, -0.25) is 4.90 Å². The molecule has 3 unspecified atom stereocenters. The normalized spacial score (nSPS) is 24.2. The SMILES string of the molecule is CC(C)(C)CC1C(C#N)CC(CO)N1Cc1ccc(OCCO)cc1. The van der Waals surface area contributed by atoms with E-state index in [-0.39, 0.29) is 43.2 Å². The van der Waals surface area contributed by atoms with Gasteiger partial charge in [0.05, 0.1) is 25.2 Å². The summed E-state index contributed by atoms with van der Waals surface area (Å²) in [7, 11) is 0. The second-order valence-electron chi connectivity index (χ2n) is 8.03. The second kappa shape index (κ2) is 8.66. The number of rotatable bonds is 7. The van der Waals surface area contributed by atoms with E-state index in [1.54, 1.807) is 0 Å². The lowest BCUT2D eigenvalue weighted by atomic mass is 9.83. The van der Waals surface area contributed by atoms with Crippen molar-refractivity contribution in [1.29, 1.82) is 5.26 Å². The maximum atomic E-state index is 9.79. The van der Waals surface area contributed by atoms with E-state index in [4.69, 9.17) is 9.84 Å². The fourth-order valence-corrected chi connectivity index (χ4v) is 3.60. The first-order valence-electron chi connectivity index (χ1n) is 8.96. The van der Waals surface area contributed by atoms with Gasteiger partial charge in [-0.15, -0.1) is 0 Å². The first-order valence-corrected chi connectivity index (χ1v) is 8.96. The zero-order valence-electron chi connectivity index (χ0n) is 15.5. The zero-order chi connectivity index (χ0) is 18.4. The minimum Gasteiger partial charge on any atom is -0.491 e. The molecule has 1 heterocycles. The van der Waals surface area contributed by atoms with Crippen molar-refractivity contribution >= 4 is 0 Å². The van der Waals surface area contributed by atoms with Gasteiger partial charge >= 0.3 is 0 Å². The molecule has 0 radical (unpaired) electrons. The molecule has 1 aromatic rings. The predicted molar refractivity (Wildman–Crippen MR) is 97.0 cm³/mol. The van der Waals surface area contributed by atoms with Crippen molar-refractivity contribution in [1.82, 2.24) is 4.90 Å². The molecule has 0 aromatic heterocycles. The molecule has 5 nitrogen and oxygen atoms in total. The summed E-state index contributed by atoms with van der Waals surface area (Å²) in [5.41, 5.74) is 1.26. The highest BCUT2D eigenvalue weighted by molar-refractivity contribution is 5.27. The Hall–Kier alpha value is -1.61. The van der Waals surface area contributed by atoms with Crippen molar-refractivity contribution in [3.05, 3.63) is 29.8 Å². The summed E-state index contributed by atoms with van der Waals surface area (Å²) >= 11 is 0. The largest absolute Gasteiger partial charge is 0.491 e. The number of ether oxygens (including phenoxy) is 1. The topological polar surface area (TPSA) is 76.7 Å². The molecule has 1 aliphatic rings. The molecule has 3 atom stereocenters. The number of nitrogens with zero attached hydrogens (tertiary/aromatic N) is 2. The van der Waals surface area contributed by atoms with E-state index in [1.807, 2.05) is 24.3 Å². The van der Waals surface area contributed by atoms with Gasteiger partial charge < -0.3 is 14.9 Å². The Morgan fingerprint density at radius 3 is 2.44 bits per heavy atom. The predicted octanol–water partition coefficient (Wildman–Crippen LogP) is 2.57. The monoisotopic (exact) mass is 346 g/mol. The Morgan fingerprint density at radius 2 is 1.92 bits per heavy atom. The molecular formula is C20H30N2O3. The summed E-state index contributed by atoms with van der Waals surface area (Å²) in [5.74, 6) is 0.697. The minimum atomic E-state index is -0.0384. The number of aliphatic hydroxyl groups is 2. The average molecular weight is 346 g/mol. The molecule has 25 heavy (non-hydrogen) atoms. The van der Waals surface area contributed by atoms with Gasteiger partial charge in [-0.1, -0.05) is 32.9 Å². The third-order valence-electron chi connectivity index (χ3n) is 4.73. The summed E-state index contributed by atoms with van der Waals surface area (Å²) in [6.45, 7) is 7.66. The molecule has 1 aromatic carbocycles. The maximum absolute atomic E-state index is 9.79. The van der Waals surface area contributed by atoms with Gasteiger partial charge in [-0.2, -0.15) is 5.26 Å². The summed E-state index contributed by atoms with van der Waals surface area (Å²) in [4.78, 5) is 2.29. The molecule has 1 saturated heterocycles. The number of hydrogen-bond acceptors (Lipinski definition) is 5. The summed E-state index contributed by atoms with van der Waals surface area (Å²) in [5, 5.41) is 28.2. The van der Waals surface area contributed by atoms with Crippen molar-refractivity contribution in [2.75, 3.05) is 19.8 Å². The fraction of sp³-hybridized carbons (Fsp3) is 0.650. The van der Waals surface area contributed by atoms with Crippen molar-refractivity contribution in [2.24, 2.45) is 11.3 Å². The molecule has 0 saturated carbocycles. The molecule has 1 fully saturated rings. The number of nitriles is 1. The Bertz CT molecular complexity index is 574. The number of benzene rings is 1. The van der Waals surface area contributed by atoms with Crippen molar-refractivity contribution < 1.29 is 14.9 Å². The molecule has 0 aliphatic carbocycles. The van der Waals surface area contributed by atoms with Crippen LogP contribution in [0.3, 0.4) is 0 Å². The smallest absolute Gasteiger partial charge is 0.119 e. The van der Waals surface area contributed by atoms with E-state index < -0.39 is 0 Å². The van der Waals surface area contributed by atoms with E-state index in [1.165, 1.54) is 0 Å². The molecule has 0 bridgehead atoms. The fourth-order valence-electron chi connectivity index (χ4n) is 3.60. The van der Waals surface area contributed by atoms with Gasteiger partial charge in [0.1, 0.15) is 12.4 Å². The van der Waals surface area contributed by atoms with E-state index in [9.17, 15) is 10.4 Å². The molecule has 2 N–H and O–H groups in total. The Labute approximate surface area is 150 Å². The van der Waals surface area contributed by atoms with Gasteiger partial charge in [0, 0.05) is 18.6 Å². The first kappa shape index (κ1) is 19.7. The molecule has 1 aliphatic heterocycles. The standard InChI is InChI=1S/C20H30N2O3/c1-20(2,3)11-19-16(12-21)10-17(14-24)22(19)13-15-4-6-18(7-5-15)25-9-8-23/h4-7,16-17,19,23-24H,8-11,13-14H2,1-3H3. The van der Waals surface area contributed by atoms with E-state index >= 15 is 0 Å². The lowest BCUT2D eigenvalue weighted by molar-refractivity contribution is 0.0985. The van der Waals surface area contributed by atoms with Crippen LogP contribution in [0.2, 0.25) is 0 Å². The minimum absolute atomic E-state index is 0.00224. The Morgan fingerprint density at radius 1 is 1.24 bits per heavy atom. The number of likely N-dealkylation sites (tertiary alicyclic amines) is 1. The van der Waals surface area contributed by atoms with Crippen molar-refractivity contribution in [3.8, 4) is 11.8 Å². The molecule has 138 valence electrons. The summed E-state index contributed by atoms with van der Waals surface area (Å²) in [6, 6.07) is 10.5. The van der Waals surface area contributed by atoms with Crippen LogP contribution >= 0.6 is 0 Å². The number of hydrogen-bond donors (Lipinski definition) is 2. The quantitative estimate of drug-likeness (QED) is 0.793.